The molecule has 1 N–H and O–H groups in total. The molecule has 0 saturated heterocycles. The minimum Gasteiger partial charge on any atom is -0.379 e. The van der Waals surface area contributed by atoms with Gasteiger partial charge < -0.3 is 5.32 Å². The maximum Gasteiger partial charge on any atom is 0.416 e. The molecule has 1 rings (SSSR count). The summed E-state index contributed by atoms with van der Waals surface area (Å²) in [6.07, 6.45) is -3.88. The minimum absolute atomic E-state index is 0.0329. The van der Waals surface area contributed by atoms with Gasteiger partial charge in [-0.15, -0.1) is 11.6 Å². The Hall–Kier alpha value is -0.970. The Morgan fingerprint density at radius 3 is 2.41 bits per heavy atom. The van der Waals surface area contributed by atoms with Crippen LogP contribution in [0.15, 0.2) is 18.2 Å². The zero-order valence-electron chi connectivity index (χ0n) is 9.11. The quantitative estimate of drug-likeness (QED) is 0.636. The number of hydrogen-bond acceptors (Lipinski definition) is 1. The van der Waals surface area contributed by atoms with Crippen LogP contribution in [0.3, 0.4) is 0 Å². The van der Waals surface area contributed by atoms with Gasteiger partial charge in [-0.1, -0.05) is 6.92 Å². The fraction of sp³-hybridized carbons (Fsp3) is 0.455. The van der Waals surface area contributed by atoms with Crippen LogP contribution in [-0.4, -0.2) is 11.9 Å². The molecule has 0 radical (unpaired) electrons. The third-order valence-electron chi connectivity index (χ3n) is 2.34. The fourth-order valence-electron chi connectivity index (χ4n) is 1.28. The van der Waals surface area contributed by atoms with Crippen molar-refractivity contribution in [1.29, 1.82) is 0 Å². The van der Waals surface area contributed by atoms with Gasteiger partial charge in [0.15, 0.2) is 0 Å². The number of alkyl halides is 4. The smallest absolute Gasteiger partial charge is 0.379 e. The molecular weight excluding hydrogens is 258 g/mol. The largest absolute Gasteiger partial charge is 0.416 e. The van der Waals surface area contributed by atoms with Gasteiger partial charge in [0.25, 0.3) is 0 Å². The lowest BCUT2D eigenvalue weighted by Gasteiger charge is -2.16. The summed E-state index contributed by atoms with van der Waals surface area (Å²) in [5, 5.41) is 2.75. The van der Waals surface area contributed by atoms with Crippen LogP contribution in [-0.2, 0) is 6.18 Å². The molecule has 0 fully saturated rings. The third kappa shape index (κ3) is 3.77. The van der Waals surface area contributed by atoms with Crippen molar-refractivity contribution < 1.29 is 17.6 Å². The Morgan fingerprint density at radius 1 is 1.35 bits per heavy atom. The molecule has 0 amide bonds. The van der Waals surface area contributed by atoms with E-state index in [9.17, 15) is 17.6 Å². The van der Waals surface area contributed by atoms with Crippen molar-refractivity contribution in [3.63, 3.8) is 0 Å². The van der Waals surface area contributed by atoms with Crippen LogP contribution in [0.4, 0.5) is 23.2 Å². The highest BCUT2D eigenvalue weighted by Crippen LogP contribution is 2.31. The summed E-state index contributed by atoms with van der Waals surface area (Å²) in [7, 11) is 0. The van der Waals surface area contributed by atoms with Gasteiger partial charge in [-0.3, -0.25) is 0 Å². The van der Waals surface area contributed by atoms with Crippen LogP contribution < -0.4 is 5.32 Å². The summed E-state index contributed by atoms with van der Waals surface area (Å²) >= 11 is 5.61. The maximum absolute atomic E-state index is 13.4. The van der Waals surface area contributed by atoms with Gasteiger partial charge in [-0.2, -0.15) is 13.2 Å². The lowest BCUT2D eigenvalue weighted by atomic mass is 10.1. The number of benzene rings is 1. The van der Waals surface area contributed by atoms with Crippen LogP contribution in [0.2, 0.25) is 0 Å². The monoisotopic (exact) mass is 269 g/mol. The Morgan fingerprint density at radius 2 is 2.00 bits per heavy atom. The zero-order valence-corrected chi connectivity index (χ0v) is 9.87. The fourth-order valence-corrected chi connectivity index (χ4v) is 1.57. The van der Waals surface area contributed by atoms with Gasteiger partial charge in [0.2, 0.25) is 0 Å². The summed E-state index contributed by atoms with van der Waals surface area (Å²) in [6.45, 7) is 1.85. The number of halogens is 5. The molecule has 0 aliphatic carbocycles. The molecule has 0 aliphatic heterocycles. The molecule has 0 aromatic heterocycles. The van der Waals surface area contributed by atoms with E-state index in [0.717, 1.165) is 12.1 Å². The van der Waals surface area contributed by atoms with Gasteiger partial charge in [0, 0.05) is 11.9 Å². The van der Waals surface area contributed by atoms with E-state index in [-0.39, 0.29) is 17.6 Å². The van der Waals surface area contributed by atoms with E-state index in [2.05, 4.69) is 5.32 Å². The molecule has 0 bridgehead atoms. The van der Waals surface area contributed by atoms with Crippen molar-refractivity contribution in [2.24, 2.45) is 0 Å². The standard InChI is InChI=1S/C11H12ClF4N/c1-2-8(6-12)17-10-4-3-7(5-9(10)13)11(14,15)16/h3-5,8,17H,2,6H2,1H3. The van der Waals surface area contributed by atoms with Gasteiger partial charge in [-0.05, 0) is 24.6 Å². The first kappa shape index (κ1) is 14.1. The van der Waals surface area contributed by atoms with Crippen molar-refractivity contribution in [3.05, 3.63) is 29.6 Å². The van der Waals surface area contributed by atoms with Crippen LogP contribution in [0.1, 0.15) is 18.9 Å². The second-order valence-electron chi connectivity index (χ2n) is 3.60. The molecule has 1 nitrogen and oxygen atoms in total. The molecule has 0 heterocycles. The molecule has 96 valence electrons. The van der Waals surface area contributed by atoms with Gasteiger partial charge in [-0.25, -0.2) is 4.39 Å². The van der Waals surface area contributed by atoms with Crippen LogP contribution in [0, 0.1) is 5.82 Å². The second-order valence-corrected chi connectivity index (χ2v) is 3.90. The molecular formula is C11H12ClF4N. The van der Waals surface area contributed by atoms with Crippen LogP contribution >= 0.6 is 11.6 Å². The summed E-state index contributed by atoms with van der Waals surface area (Å²) < 4.78 is 50.3. The summed E-state index contributed by atoms with van der Waals surface area (Å²) in [4.78, 5) is 0. The summed E-state index contributed by atoms with van der Waals surface area (Å²) in [5.74, 6) is -0.667. The molecule has 1 unspecified atom stereocenters. The van der Waals surface area contributed by atoms with Crippen LogP contribution in [0.25, 0.3) is 0 Å². The van der Waals surface area contributed by atoms with Crippen molar-refractivity contribution in [2.45, 2.75) is 25.6 Å². The lowest BCUT2D eigenvalue weighted by molar-refractivity contribution is -0.137. The Balaban J connectivity index is 2.90. The minimum atomic E-state index is -4.53. The number of nitrogens with one attached hydrogen (secondary N) is 1. The highest BCUT2D eigenvalue weighted by Gasteiger charge is 2.31. The third-order valence-corrected chi connectivity index (χ3v) is 2.71. The predicted molar refractivity (Wildman–Crippen MR) is 59.8 cm³/mol. The maximum atomic E-state index is 13.4. The molecule has 17 heavy (non-hydrogen) atoms. The average Bonchev–Trinajstić information content (AvgIpc) is 2.26. The van der Waals surface area contributed by atoms with E-state index in [0.29, 0.717) is 12.5 Å². The van der Waals surface area contributed by atoms with E-state index < -0.39 is 17.6 Å². The summed E-state index contributed by atoms with van der Waals surface area (Å²) in [5.41, 5.74) is -0.968. The van der Waals surface area contributed by atoms with E-state index in [1.54, 1.807) is 0 Å². The van der Waals surface area contributed by atoms with Crippen molar-refractivity contribution >= 4 is 17.3 Å². The molecule has 6 heteroatoms. The number of rotatable bonds is 4. The normalized spacial score (nSPS) is 13.5. The van der Waals surface area contributed by atoms with E-state index >= 15 is 0 Å². The average molecular weight is 270 g/mol. The predicted octanol–water partition coefficient (Wildman–Crippen LogP) is 4.27. The SMILES string of the molecule is CCC(CCl)Nc1ccc(C(F)(F)F)cc1F. The van der Waals surface area contributed by atoms with Crippen molar-refractivity contribution in [3.8, 4) is 0 Å². The first-order chi connectivity index (χ1) is 7.88. The Labute approximate surface area is 102 Å². The molecule has 1 aromatic rings. The number of anilines is 1. The van der Waals surface area contributed by atoms with E-state index in [1.165, 1.54) is 0 Å². The van der Waals surface area contributed by atoms with Gasteiger partial charge in [0.05, 0.1) is 11.3 Å². The van der Waals surface area contributed by atoms with Gasteiger partial charge in [0.1, 0.15) is 5.82 Å². The molecule has 0 aliphatic rings. The second kappa shape index (κ2) is 5.58. The topological polar surface area (TPSA) is 12.0 Å². The molecule has 1 aromatic carbocycles. The van der Waals surface area contributed by atoms with Crippen molar-refractivity contribution in [1.82, 2.24) is 0 Å². The first-order valence-electron chi connectivity index (χ1n) is 5.07. The lowest BCUT2D eigenvalue weighted by Crippen LogP contribution is -2.21. The molecule has 0 saturated carbocycles. The van der Waals surface area contributed by atoms with Gasteiger partial charge >= 0.3 is 6.18 Å². The number of hydrogen-bond donors (Lipinski definition) is 1. The molecule has 0 spiro atoms. The first-order valence-corrected chi connectivity index (χ1v) is 5.61. The summed E-state index contributed by atoms with van der Waals surface area (Å²) in [6, 6.07) is 2.23. The van der Waals surface area contributed by atoms with Crippen molar-refractivity contribution in [2.75, 3.05) is 11.2 Å². The Kier molecular flexibility index (Phi) is 4.62. The van der Waals surface area contributed by atoms with Crippen LogP contribution in [0.5, 0.6) is 0 Å². The highest BCUT2D eigenvalue weighted by atomic mass is 35.5. The molecule has 1 atom stereocenters. The van der Waals surface area contributed by atoms with E-state index in [1.807, 2.05) is 6.92 Å². The zero-order chi connectivity index (χ0) is 13.1. The highest BCUT2D eigenvalue weighted by molar-refractivity contribution is 6.18. The Bertz CT molecular complexity index is 374. The van der Waals surface area contributed by atoms with E-state index in [4.69, 9.17) is 11.6 Å².